The van der Waals surface area contributed by atoms with Crippen molar-refractivity contribution in [3.05, 3.63) is 67.0 Å². The van der Waals surface area contributed by atoms with Gasteiger partial charge in [0.25, 0.3) is 10.0 Å². The van der Waals surface area contributed by atoms with Gasteiger partial charge in [-0.05, 0) is 66.8 Å². The molecule has 1 aromatic heterocycles. The van der Waals surface area contributed by atoms with E-state index in [1.54, 1.807) is 6.07 Å². The Morgan fingerprint density at radius 1 is 0.903 bits per heavy atom. The Balaban J connectivity index is 1.58. The van der Waals surface area contributed by atoms with Crippen LogP contribution in [0.15, 0.2) is 71.9 Å². The van der Waals surface area contributed by atoms with Crippen molar-refractivity contribution in [2.45, 2.75) is 11.3 Å². The van der Waals surface area contributed by atoms with Crippen molar-refractivity contribution in [2.24, 2.45) is 0 Å². The zero-order chi connectivity index (χ0) is 22.5. The summed E-state index contributed by atoms with van der Waals surface area (Å²) in [4.78, 5) is 7.60. The Labute approximate surface area is 180 Å². The molecule has 0 unspecified atom stereocenters. The highest BCUT2D eigenvalue weighted by molar-refractivity contribution is 7.92. The molecule has 3 rings (SSSR count). The molecule has 0 saturated heterocycles. The van der Waals surface area contributed by atoms with Gasteiger partial charge in [-0.2, -0.15) is 0 Å². The van der Waals surface area contributed by atoms with Gasteiger partial charge >= 0.3 is 6.36 Å². The highest BCUT2D eigenvalue weighted by atomic mass is 32.2. The van der Waals surface area contributed by atoms with Gasteiger partial charge in [-0.1, -0.05) is 0 Å². The number of anilines is 3. The number of sulfonamides is 1. The molecule has 31 heavy (non-hydrogen) atoms. The third kappa shape index (κ3) is 6.79. The lowest BCUT2D eigenvalue weighted by Gasteiger charge is -2.13. The summed E-state index contributed by atoms with van der Waals surface area (Å²) in [5.41, 5.74) is 0.919. The molecule has 0 spiro atoms. The molecule has 0 radical (unpaired) electrons. The summed E-state index contributed by atoms with van der Waals surface area (Å²) >= 11 is 5.15. The van der Waals surface area contributed by atoms with Gasteiger partial charge in [-0.25, -0.2) is 23.1 Å². The van der Waals surface area contributed by atoms with E-state index in [0.717, 1.165) is 12.1 Å². The number of hydrogen-bond donors (Lipinski definition) is 3. The van der Waals surface area contributed by atoms with Crippen LogP contribution in [0.25, 0.3) is 0 Å². The van der Waals surface area contributed by atoms with Crippen LogP contribution in [0, 0.1) is 0 Å². The largest absolute Gasteiger partial charge is 0.573 e. The van der Waals surface area contributed by atoms with Gasteiger partial charge < -0.3 is 15.4 Å². The zero-order valence-electron chi connectivity index (χ0n) is 15.4. The molecular formula is C18H14F3N5O3S2. The van der Waals surface area contributed by atoms with Crippen LogP contribution < -0.4 is 20.1 Å². The molecule has 0 amide bonds. The first kappa shape index (κ1) is 22.2. The maximum atomic E-state index is 12.4. The number of alkyl halides is 3. The molecule has 1 heterocycles. The van der Waals surface area contributed by atoms with Crippen molar-refractivity contribution in [1.82, 2.24) is 9.97 Å². The normalized spacial score (nSPS) is 11.5. The van der Waals surface area contributed by atoms with Crippen LogP contribution in [0.1, 0.15) is 0 Å². The molecular weight excluding hydrogens is 455 g/mol. The highest BCUT2D eigenvalue weighted by Crippen LogP contribution is 2.24. The quantitative estimate of drug-likeness (QED) is 0.466. The highest BCUT2D eigenvalue weighted by Gasteiger charge is 2.30. The summed E-state index contributed by atoms with van der Waals surface area (Å²) in [7, 11) is -3.87. The van der Waals surface area contributed by atoms with Crippen LogP contribution in [-0.2, 0) is 10.0 Å². The van der Waals surface area contributed by atoms with Crippen molar-refractivity contribution in [1.29, 1.82) is 0 Å². The summed E-state index contributed by atoms with van der Waals surface area (Å²) < 4.78 is 67.3. The molecule has 0 aliphatic carbocycles. The summed E-state index contributed by atoms with van der Waals surface area (Å²) in [5.74, 6) is -0.412. The number of halogens is 3. The molecule has 8 nitrogen and oxygen atoms in total. The predicted molar refractivity (Wildman–Crippen MR) is 112 cm³/mol. The molecule has 0 saturated carbocycles. The van der Waals surface area contributed by atoms with Crippen LogP contribution in [0.3, 0.4) is 0 Å². The lowest BCUT2D eigenvalue weighted by Crippen LogP contribution is -2.19. The van der Waals surface area contributed by atoms with Crippen LogP contribution in [0.4, 0.5) is 30.5 Å². The Hall–Kier alpha value is -3.45. The smallest absolute Gasteiger partial charge is 0.406 e. The van der Waals surface area contributed by atoms with E-state index in [4.69, 9.17) is 12.2 Å². The fourth-order valence-electron chi connectivity index (χ4n) is 2.28. The third-order valence-electron chi connectivity index (χ3n) is 3.56. The van der Waals surface area contributed by atoms with E-state index in [1.165, 1.54) is 48.8 Å². The van der Waals surface area contributed by atoms with Crippen molar-refractivity contribution in [3.63, 3.8) is 0 Å². The van der Waals surface area contributed by atoms with E-state index in [1.807, 2.05) is 0 Å². The number of ether oxygens (including phenoxy) is 1. The van der Waals surface area contributed by atoms with E-state index >= 15 is 0 Å². The van der Waals surface area contributed by atoms with E-state index in [0.29, 0.717) is 11.4 Å². The topological polar surface area (TPSA) is 105 Å². The van der Waals surface area contributed by atoms with Crippen LogP contribution in [0.2, 0.25) is 0 Å². The van der Waals surface area contributed by atoms with E-state index in [-0.39, 0.29) is 21.7 Å². The number of nitrogens with zero attached hydrogens (tertiary/aromatic N) is 2. The maximum Gasteiger partial charge on any atom is 0.573 e. The standard InChI is InChI=1S/C18H14F3N5O3S2/c19-18(20,21)29-14-6-2-12(3-7-14)24-17(30)25-13-4-8-15(9-5-13)31(27,28)26-16-22-10-1-11-23-16/h1-11H,(H,22,23,26)(H2,24,25,30). The van der Waals surface area contributed by atoms with Crippen LogP contribution >= 0.6 is 12.2 Å². The van der Waals surface area contributed by atoms with Crippen LogP contribution in [-0.4, -0.2) is 29.9 Å². The number of benzene rings is 2. The minimum Gasteiger partial charge on any atom is -0.406 e. The first-order valence-electron chi connectivity index (χ1n) is 8.44. The summed E-state index contributed by atoms with van der Waals surface area (Å²) in [6.07, 6.45) is -1.96. The van der Waals surface area contributed by atoms with Gasteiger partial charge in [0.05, 0.1) is 4.90 Å². The Morgan fingerprint density at radius 3 is 1.94 bits per heavy atom. The van der Waals surface area contributed by atoms with Gasteiger partial charge in [0.2, 0.25) is 5.95 Å². The minimum absolute atomic E-state index is 0.00960. The van der Waals surface area contributed by atoms with E-state index in [9.17, 15) is 21.6 Å². The Bertz CT molecular complexity index is 1140. The summed E-state index contributed by atoms with van der Waals surface area (Å²) in [6, 6.07) is 12.3. The number of nitrogens with one attached hydrogen (secondary N) is 3. The van der Waals surface area contributed by atoms with Crippen molar-refractivity contribution < 1.29 is 26.3 Å². The lowest BCUT2D eigenvalue weighted by atomic mass is 10.3. The van der Waals surface area contributed by atoms with E-state index in [2.05, 4.69) is 30.1 Å². The minimum atomic E-state index is -4.77. The second-order valence-corrected chi connectivity index (χ2v) is 7.94. The van der Waals surface area contributed by atoms with Gasteiger partial charge in [0.1, 0.15) is 5.75 Å². The molecule has 3 aromatic rings. The second kappa shape index (κ2) is 9.14. The zero-order valence-corrected chi connectivity index (χ0v) is 17.1. The van der Waals surface area contributed by atoms with Gasteiger partial charge in [0, 0.05) is 23.8 Å². The summed E-state index contributed by atoms with van der Waals surface area (Å²) in [5, 5.41) is 5.78. The van der Waals surface area contributed by atoms with Crippen molar-refractivity contribution in [3.8, 4) is 5.75 Å². The van der Waals surface area contributed by atoms with Gasteiger partial charge in [-0.15, -0.1) is 13.2 Å². The lowest BCUT2D eigenvalue weighted by molar-refractivity contribution is -0.274. The first-order valence-corrected chi connectivity index (χ1v) is 10.3. The Kier molecular flexibility index (Phi) is 6.56. The number of thiocarbonyl (C=S) groups is 1. The average molecular weight is 469 g/mol. The van der Waals surface area contributed by atoms with Crippen molar-refractivity contribution in [2.75, 3.05) is 15.4 Å². The molecule has 2 aromatic carbocycles. The summed E-state index contributed by atoms with van der Waals surface area (Å²) in [6.45, 7) is 0. The van der Waals surface area contributed by atoms with Crippen molar-refractivity contribution >= 4 is 44.7 Å². The molecule has 0 aliphatic rings. The average Bonchev–Trinajstić information content (AvgIpc) is 2.69. The molecule has 0 atom stereocenters. The molecule has 3 N–H and O–H groups in total. The van der Waals surface area contributed by atoms with Gasteiger partial charge in [-0.3, -0.25) is 0 Å². The molecule has 0 bridgehead atoms. The number of aromatic nitrogens is 2. The predicted octanol–water partition coefficient (Wildman–Crippen LogP) is 3.98. The Morgan fingerprint density at radius 2 is 1.42 bits per heavy atom. The number of hydrogen-bond acceptors (Lipinski definition) is 6. The first-order chi connectivity index (χ1) is 14.6. The maximum absolute atomic E-state index is 12.4. The molecule has 0 fully saturated rings. The van der Waals surface area contributed by atoms with Gasteiger partial charge in [0.15, 0.2) is 5.11 Å². The monoisotopic (exact) mass is 469 g/mol. The number of rotatable bonds is 6. The molecule has 162 valence electrons. The molecule has 0 aliphatic heterocycles. The van der Waals surface area contributed by atoms with E-state index < -0.39 is 16.4 Å². The molecule has 13 heteroatoms. The fourth-order valence-corrected chi connectivity index (χ4v) is 3.48. The third-order valence-corrected chi connectivity index (χ3v) is 5.11. The SMILES string of the molecule is O=S(=O)(Nc1ncccn1)c1ccc(NC(=S)Nc2ccc(OC(F)(F)F)cc2)cc1. The second-order valence-electron chi connectivity index (χ2n) is 5.85. The fraction of sp³-hybridized carbons (Fsp3) is 0.0556. The van der Waals surface area contributed by atoms with Crippen LogP contribution in [0.5, 0.6) is 5.75 Å².